The Morgan fingerprint density at radius 2 is 2.03 bits per heavy atom. The summed E-state index contributed by atoms with van der Waals surface area (Å²) >= 11 is 1.50. The van der Waals surface area contributed by atoms with Gasteiger partial charge in [-0.05, 0) is 48.7 Å². The molecule has 2 aromatic carbocycles. The second-order valence-electron chi connectivity index (χ2n) is 7.73. The summed E-state index contributed by atoms with van der Waals surface area (Å²) in [6.45, 7) is 5.60. The molecule has 0 spiro atoms. The number of hydrogen-bond acceptors (Lipinski definition) is 6. The van der Waals surface area contributed by atoms with E-state index in [-0.39, 0.29) is 5.97 Å². The maximum atomic E-state index is 12.6. The largest absolute Gasteiger partial charge is 0.462 e. The summed E-state index contributed by atoms with van der Waals surface area (Å²) in [7, 11) is 0. The number of ether oxygens (including phenoxy) is 1. The molecule has 0 aliphatic rings. The molecule has 6 nitrogen and oxygen atoms in total. The van der Waals surface area contributed by atoms with Crippen molar-refractivity contribution >= 4 is 33.1 Å². The molecule has 0 saturated heterocycles. The van der Waals surface area contributed by atoms with Crippen LogP contribution in [-0.2, 0) is 24.2 Å². The Kier molecular flexibility index (Phi) is 7.06. The second kappa shape index (κ2) is 10.3. The fourth-order valence-corrected chi connectivity index (χ4v) is 5.09. The molecule has 4 aromatic rings. The molecular weight excluding hydrogens is 432 g/mol. The maximum absolute atomic E-state index is 12.6. The Bertz CT molecular complexity index is 1300. The van der Waals surface area contributed by atoms with Crippen LogP contribution in [0.5, 0.6) is 0 Å². The van der Waals surface area contributed by atoms with Gasteiger partial charge in [0.2, 0.25) is 0 Å². The van der Waals surface area contributed by atoms with Gasteiger partial charge in [-0.25, -0.2) is 9.78 Å². The van der Waals surface area contributed by atoms with Crippen LogP contribution in [-0.4, -0.2) is 22.1 Å². The number of thiophene rings is 1. The topological polar surface area (TPSA) is 79.9 Å². The molecule has 1 N–H and O–H groups in total. The van der Waals surface area contributed by atoms with Crippen molar-refractivity contribution in [1.82, 2.24) is 9.55 Å². The maximum Gasteiger partial charge on any atom is 0.348 e. The van der Waals surface area contributed by atoms with Gasteiger partial charge in [0.15, 0.2) is 0 Å². The lowest BCUT2D eigenvalue weighted by Crippen LogP contribution is -2.09. The van der Waals surface area contributed by atoms with Crippen molar-refractivity contribution in [2.24, 2.45) is 0 Å². The zero-order chi connectivity index (χ0) is 23.2. The number of imidazole rings is 1. The van der Waals surface area contributed by atoms with Crippen molar-refractivity contribution in [3.63, 3.8) is 0 Å². The number of fused-ring (bicyclic) bond motifs is 1. The Morgan fingerprint density at radius 3 is 2.76 bits per heavy atom. The molecule has 0 saturated carbocycles. The van der Waals surface area contributed by atoms with Gasteiger partial charge in [-0.3, -0.25) is 0 Å². The van der Waals surface area contributed by atoms with Gasteiger partial charge < -0.3 is 14.6 Å². The molecular formula is C26H26N4O2S. The van der Waals surface area contributed by atoms with Crippen molar-refractivity contribution < 1.29 is 9.53 Å². The van der Waals surface area contributed by atoms with Gasteiger partial charge in [-0.1, -0.05) is 31.5 Å². The van der Waals surface area contributed by atoms with Gasteiger partial charge in [-0.15, -0.1) is 11.3 Å². The molecule has 168 valence electrons. The van der Waals surface area contributed by atoms with Crippen LogP contribution in [0, 0.1) is 11.3 Å². The number of aromatic nitrogens is 2. The third-order valence-corrected chi connectivity index (χ3v) is 6.65. The highest BCUT2D eigenvalue weighted by molar-refractivity contribution is 7.21. The Balaban J connectivity index is 1.58. The van der Waals surface area contributed by atoms with E-state index in [0.29, 0.717) is 30.1 Å². The second-order valence-corrected chi connectivity index (χ2v) is 8.79. The monoisotopic (exact) mass is 458 g/mol. The zero-order valence-corrected chi connectivity index (χ0v) is 19.6. The third-order valence-electron chi connectivity index (χ3n) is 5.47. The molecule has 0 unspecified atom stereocenters. The number of benzene rings is 2. The molecule has 0 amide bonds. The highest BCUT2D eigenvalue weighted by Gasteiger charge is 2.21. The van der Waals surface area contributed by atoms with Gasteiger partial charge in [0, 0.05) is 28.5 Å². The summed E-state index contributed by atoms with van der Waals surface area (Å²) in [4.78, 5) is 17.6. The van der Waals surface area contributed by atoms with Crippen LogP contribution in [0.25, 0.3) is 10.1 Å². The number of aryl methyl sites for hydroxylation is 1. The fraction of sp³-hybridized carbons (Fsp3) is 0.269. The SMILES string of the molecule is CCCc1c(C(=O)OCC)sc2cccc(NCc3cncn3Cc3ccc(C#N)cc3)c12. The number of rotatable bonds is 9. The Morgan fingerprint density at radius 1 is 1.21 bits per heavy atom. The molecule has 4 rings (SSSR count). The first-order chi connectivity index (χ1) is 16.1. The predicted octanol–water partition coefficient (Wildman–Crippen LogP) is 5.76. The van der Waals surface area contributed by atoms with E-state index in [1.807, 2.05) is 49.8 Å². The summed E-state index contributed by atoms with van der Waals surface area (Å²) in [5.74, 6) is -0.242. The van der Waals surface area contributed by atoms with Crippen molar-refractivity contribution in [2.45, 2.75) is 39.8 Å². The molecule has 0 fully saturated rings. The van der Waals surface area contributed by atoms with Crippen LogP contribution in [0.2, 0.25) is 0 Å². The number of nitrogens with zero attached hydrogens (tertiary/aromatic N) is 3. The minimum Gasteiger partial charge on any atom is -0.462 e. The molecule has 2 heterocycles. The van der Waals surface area contributed by atoms with E-state index in [9.17, 15) is 4.79 Å². The molecule has 0 aliphatic carbocycles. The van der Waals surface area contributed by atoms with E-state index in [1.54, 1.807) is 0 Å². The molecule has 0 atom stereocenters. The van der Waals surface area contributed by atoms with E-state index < -0.39 is 0 Å². The van der Waals surface area contributed by atoms with Crippen LogP contribution < -0.4 is 5.32 Å². The van der Waals surface area contributed by atoms with Gasteiger partial charge in [0.05, 0.1) is 36.8 Å². The molecule has 0 bridgehead atoms. The number of carbonyl (C=O) groups is 1. The molecule has 0 aliphatic heterocycles. The summed E-state index contributed by atoms with van der Waals surface area (Å²) in [5.41, 5.74) is 4.88. The lowest BCUT2D eigenvalue weighted by atomic mass is 10.0. The minimum atomic E-state index is -0.242. The third kappa shape index (κ3) is 4.91. The van der Waals surface area contributed by atoms with Crippen LogP contribution in [0.3, 0.4) is 0 Å². The van der Waals surface area contributed by atoms with Crippen molar-refractivity contribution in [1.29, 1.82) is 5.26 Å². The first kappa shape index (κ1) is 22.6. The molecule has 2 aromatic heterocycles. The summed E-state index contributed by atoms with van der Waals surface area (Å²) < 4.78 is 8.49. The lowest BCUT2D eigenvalue weighted by molar-refractivity contribution is 0.0531. The number of hydrogen-bond donors (Lipinski definition) is 1. The van der Waals surface area contributed by atoms with E-state index >= 15 is 0 Å². The molecule has 33 heavy (non-hydrogen) atoms. The predicted molar refractivity (Wildman–Crippen MR) is 132 cm³/mol. The van der Waals surface area contributed by atoms with E-state index in [1.165, 1.54) is 11.3 Å². The van der Waals surface area contributed by atoms with Crippen LogP contribution in [0.15, 0.2) is 55.0 Å². The van der Waals surface area contributed by atoms with E-state index in [0.717, 1.165) is 45.4 Å². The molecule has 7 heteroatoms. The summed E-state index contributed by atoms with van der Waals surface area (Å²) in [5, 5.41) is 13.7. The Labute approximate surface area is 197 Å². The smallest absolute Gasteiger partial charge is 0.348 e. The standard InChI is InChI=1S/C26H26N4O2S/c1-3-6-21-24-22(7-5-8-23(24)33-25(21)26(31)32-4-2)29-15-20-14-28-17-30(20)16-19-11-9-18(13-27)10-12-19/h5,7-12,14,17,29H,3-4,6,15-16H2,1-2H3. The van der Waals surface area contributed by atoms with Crippen LogP contribution in [0.4, 0.5) is 5.69 Å². The first-order valence-corrected chi connectivity index (χ1v) is 11.9. The average molecular weight is 459 g/mol. The minimum absolute atomic E-state index is 0.242. The normalized spacial score (nSPS) is 10.8. The number of nitriles is 1. The van der Waals surface area contributed by atoms with E-state index in [2.05, 4.69) is 40.0 Å². The van der Waals surface area contributed by atoms with Crippen LogP contribution in [0.1, 0.15) is 52.3 Å². The highest BCUT2D eigenvalue weighted by Crippen LogP contribution is 2.37. The van der Waals surface area contributed by atoms with Crippen molar-refractivity contribution in [3.05, 3.63) is 82.3 Å². The van der Waals surface area contributed by atoms with Crippen molar-refractivity contribution in [2.75, 3.05) is 11.9 Å². The Hall–Kier alpha value is -3.63. The number of anilines is 1. The highest BCUT2D eigenvalue weighted by atomic mass is 32.1. The van der Waals surface area contributed by atoms with Gasteiger partial charge >= 0.3 is 5.97 Å². The zero-order valence-electron chi connectivity index (χ0n) is 18.8. The van der Waals surface area contributed by atoms with Gasteiger partial charge in [0.1, 0.15) is 4.88 Å². The quantitative estimate of drug-likeness (QED) is 0.323. The van der Waals surface area contributed by atoms with Crippen molar-refractivity contribution in [3.8, 4) is 6.07 Å². The van der Waals surface area contributed by atoms with E-state index in [4.69, 9.17) is 10.00 Å². The summed E-state index contributed by atoms with van der Waals surface area (Å²) in [6, 6.07) is 15.9. The first-order valence-electron chi connectivity index (χ1n) is 11.1. The number of esters is 1. The van der Waals surface area contributed by atoms with Gasteiger partial charge in [-0.2, -0.15) is 5.26 Å². The summed E-state index contributed by atoms with van der Waals surface area (Å²) in [6.07, 6.45) is 5.45. The number of nitrogens with one attached hydrogen (secondary N) is 1. The average Bonchev–Trinajstić information content (AvgIpc) is 3.43. The molecule has 0 radical (unpaired) electrons. The van der Waals surface area contributed by atoms with Crippen LogP contribution >= 0.6 is 11.3 Å². The fourth-order valence-electron chi connectivity index (χ4n) is 3.91. The lowest BCUT2D eigenvalue weighted by Gasteiger charge is -2.12. The van der Waals surface area contributed by atoms with Gasteiger partial charge in [0.25, 0.3) is 0 Å². The number of carbonyl (C=O) groups excluding carboxylic acids is 1.